The van der Waals surface area contributed by atoms with Gasteiger partial charge in [-0.25, -0.2) is 0 Å². The Kier molecular flexibility index (Phi) is 3.32. The van der Waals surface area contributed by atoms with Gasteiger partial charge in [-0.05, 0) is 11.6 Å². The van der Waals surface area contributed by atoms with Crippen LogP contribution in [0.25, 0.3) is 0 Å². The molecule has 0 aromatic rings. The molecule has 2 nitrogen and oxygen atoms in total. The minimum absolute atomic E-state index is 0.128. The van der Waals surface area contributed by atoms with Gasteiger partial charge in [0.25, 0.3) is 0 Å². The van der Waals surface area contributed by atoms with Crippen molar-refractivity contribution >= 4 is 0 Å². The van der Waals surface area contributed by atoms with Crippen molar-refractivity contribution in [3.05, 3.63) is 12.3 Å². The van der Waals surface area contributed by atoms with Crippen molar-refractivity contribution in [3.8, 4) is 0 Å². The molecule has 0 radical (unpaired) electrons. The van der Waals surface area contributed by atoms with Gasteiger partial charge in [0, 0.05) is 13.6 Å². The predicted molar refractivity (Wildman–Crippen MR) is 41.0 cm³/mol. The van der Waals surface area contributed by atoms with Crippen molar-refractivity contribution in [1.29, 1.82) is 0 Å². The molecule has 9 heavy (non-hydrogen) atoms. The van der Waals surface area contributed by atoms with E-state index in [-0.39, 0.29) is 5.41 Å². The molecule has 0 rings (SSSR count). The zero-order valence-corrected chi connectivity index (χ0v) is 6.44. The quantitative estimate of drug-likeness (QED) is 0.587. The Hall–Kier alpha value is -0.500. The Morgan fingerprint density at radius 2 is 2.11 bits per heavy atom. The molecule has 3 N–H and O–H groups in total. The van der Waals surface area contributed by atoms with Crippen LogP contribution in [0.5, 0.6) is 0 Å². The average Bonchev–Trinajstić information content (AvgIpc) is 1.84. The first-order valence-electron chi connectivity index (χ1n) is 3.17. The minimum atomic E-state index is 0.128. The normalized spacial score (nSPS) is 12.4. The molecular weight excluding hydrogens is 112 g/mol. The van der Waals surface area contributed by atoms with Gasteiger partial charge in [0.15, 0.2) is 0 Å². The van der Waals surface area contributed by atoms with Gasteiger partial charge in [-0.2, -0.15) is 0 Å². The fraction of sp³-hybridized carbons (Fsp3) is 0.714. The summed E-state index contributed by atoms with van der Waals surface area (Å²) in [7, 11) is 1.88. The maximum atomic E-state index is 5.47. The molecule has 0 fully saturated rings. The van der Waals surface area contributed by atoms with Crippen LogP contribution in [0.15, 0.2) is 12.3 Å². The molecule has 0 unspecified atom stereocenters. The highest BCUT2D eigenvalue weighted by atomic mass is 14.8. The SMILES string of the molecule is CN/C=C\C(C)(C)CN. The lowest BCUT2D eigenvalue weighted by atomic mass is 9.94. The third-order valence-electron chi connectivity index (χ3n) is 1.23. The summed E-state index contributed by atoms with van der Waals surface area (Å²) in [4.78, 5) is 0. The summed E-state index contributed by atoms with van der Waals surface area (Å²) in [6, 6.07) is 0. The Morgan fingerprint density at radius 3 is 2.44 bits per heavy atom. The lowest BCUT2D eigenvalue weighted by molar-refractivity contribution is 0.493. The second-order valence-corrected chi connectivity index (χ2v) is 2.81. The van der Waals surface area contributed by atoms with Gasteiger partial charge < -0.3 is 11.1 Å². The Labute approximate surface area is 57.1 Å². The number of hydrogen-bond donors (Lipinski definition) is 2. The number of nitrogens with two attached hydrogens (primary N) is 1. The molecule has 2 heteroatoms. The van der Waals surface area contributed by atoms with Crippen LogP contribution in [0.2, 0.25) is 0 Å². The molecular formula is C7H16N2. The minimum Gasteiger partial charge on any atom is -0.394 e. The maximum Gasteiger partial charge on any atom is 0.00276 e. The van der Waals surface area contributed by atoms with Crippen molar-refractivity contribution in [2.24, 2.45) is 11.1 Å². The van der Waals surface area contributed by atoms with Crippen molar-refractivity contribution in [2.75, 3.05) is 13.6 Å². The Balaban J connectivity index is 3.70. The summed E-state index contributed by atoms with van der Waals surface area (Å²) in [6.45, 7) is 4.88. The molecule has 0 heterocycles. The second kappa shape index (κ2) is 3.51. The standard InChI is InChI=1S/C7H16N2/c1-7(2,6-8)4-5-9-3/h4-5,9H,6,8H2,1-3H3/b5-4-. The molecule has 0 aromatic carbocycles. The van der Waals surface area contributed by atoms with Gasteiger partial charge in [-0.3, -0.25) is 0 Å². The lowest BCUT2D eigenvalue weighted by Crippen LogP contribution is -2.21. The summed E-state index contributed by atoms with van der Waals surface area (Å²) in [5, 5.41) is 2.92. The van der Waals surface area contributed by atoms with E-state index in [1.807, 2.05) is 13.2 Å². The first-order valence-corrected chi connectivity index (χ1v) is 3.17. The molecule has 0 saturated heterocycles. The maximum absolute atomic E-state index is 5.47. The lowest BCUT2D eigenvalue weighted by Gasteiger charge is -2.15. The van der Waals surface area contributed by atoms with E-state index >= 15 is 0 Å². The van der Waals surface area contributed by atoms with E-state index in [9.17, 15) is 0 Å². The van der Waals surface area contributed by atoms with E-state index in [1.54, 1.807) is 0 Å². The molecule has 0 bridgehead atoms. The van der Waals surface area contributed by atoms with Crippen LogP contribution < -0.4 is 11.1 Å². The van der Waals surface area contributed by atoms with E-state index in [0.29, 0.717) is 6.54 Å². The summed E-state index contributed by atoms with van der Waals surface area (Å²) >= 11 is 0. The second-order valence-electron chi connectivity index (χ2n) is 2.81. The van der Waals surface area contributed by atoms with E-state index < -0.39 is 0 Å². The summed E-state index contributed by atoms with van der Waals surface area (Å²) in [6.07, 6.45) is 3.97. The zero-order valence-electron chi connectivity index (χ0n) is 6.44. The van der Waals surface area contributed by atoms with Crippen LogP contribution in [0.3, 0.4) is 0 Å². The van der Waals surface area contributed by atoms with E-state index in [1.165, 1.54) is 0 Å². The van der Waals surface area contributed by atoms with E-state index in [4.69, 9.17) is 5.73 Å². The van der Waals surface area contributed by atoms with Gasteiger partial charge in [-0.15, -0.1) is 0 Å². The van der Waals surface area contributed by atoms with Crippen LogP contribution in [0, 0.1) is 5.41 Å². The smallest absolute Gasteiger partial charge is 0.00276 e. The topological polar surface area (TPSA) is 38.0 Å². The molecule has 0 atom stereocenters. The molecule has 54 valence electrons. The van der Waals surface area contributed by atoms with Crippen molar-refractivity contribution < 1.29 is 0 Å². The fourth-order valence-electron chi connectivity index (χ4n) is 0.377. The first kappa shape index (κ1) is 8.50. The van der Waals surface area contributed by atoms with Gasteiger partial charge in [-0.1, -0.05) is 19.9 Å². The number of rotatable bonds is 3. The predicted octanol–water partition coefficient (Wildman–Crippen LogP) is 0.704. The van der Waals surface area contributed by atoms with Gasteiger partial charge in [0.2, 0.25) is 0 Å². The molecule has 0 aromatic heterocycles. The van der Waals surface area contributed by atoms with E-state index in [0.717, 1.165) is 0 Å². The molecule has 0 amide bonds. The fourth-order valence-corrected chi connectivity index (χ4v) is 0.377. The van der Waals surface area contributed by atoms with Crippen LogP contribution in [-0.2, 0) is 0 Å². The average molecular weight is 128 g/mol. The monoisotopic (exact) mass is 128 g/mol. The Morgan fingerprint density at radius 1 is 1.56 bits per heavy atom. The summed E-state index contributed by atoms with van der Waals surface area (Å²) in [5.41, 5.74) is 5.60. The third-order valence-corrected chi connectivity index (χ3v) is 1.23. The van der Waals surface area contributed by atoms with Crippen LogP contribution in [-0.4, -0.2) is 13.6 Å². The van der Waals surface area contributed by atoms with Crippen LogP contribution in [0.1, 0.15) is 13.8 Å². The highest BCUT2D eigenvalue weighted by molar-refractivity contribution is 4.93. The molecule has 0 aliphatic carbocycles. The van der Waals surface area contributed by atoms with Crippen LogP contribution in [0.4, 0.5) is 0 Å². The molecule has 0 spiro atoms. The molecule has 0 aliphatic rings. The van der Waals surface area contributed by atoms with Crippen LogP contribution >= 0.6 is 0 Å². The highest BCUT2D eigenvalue weighted by Crippen LogP contribution is 2.12. The summed E-state index contributed by atoms with van der Waals surface area (Å²) in [5.74, 6) is 0. The van der Waals surface area contributed by atoms with Gasteiger partial charge >= 0.3 is 0 Å². The third kappa shape index (κ3) is 4.03. The van der Waals surface area contributed by atoms with Gasteiger partial charge in [0.05, 0.1) is 0 Å². The Bertz CT molecular complexity index is 95.1. The number of nitrogens with one attached hydrogen (secondary N) is 1. The van der Waals surface area contributed by atoms with Crippen molar-refractivity contribution in [1.82, 2.24) is 5.32 Å². The van der Waals surface area contributed by atoms with Crippen molar-refractivity contribution in [2.45, 2.75) is 13.8 Å². The molecule has 0 saturated carbocycles. The zero-order chi connectivity index (χ0) is 7.33. The van der Waals surface area contributed by atoms with Gasteiger partial charge in [0.1, 0.15) is 0 Å². The first-order chi connectivity index (χ1) is 4.12. The van der Waals surface area contributed by atoms with Crippen molar-refractivity contribution in [3.63, 3.8) is 0 Å². The number of hydrogen-bond acceptors (Lipinski definition) is 2. The molecule has 0 aliphatic heterocycles. The summed E-state index contributed by atoms with van der Waals surface area (Å²) < 4.78 is 0. The largest absolute Gasteiger partial charge is 0.394 e. The highest BCUT2D eigenvalue weighted by Gasteiger charge is 2.08. The van der Waals surface area contributed by atoms with E-state index in [2.05, 4.69) is 25.2 Å².